The summed E-state index contributed by atoms with van der Waals surface area (Å²) in [6, 6.07) is 6.98. The first-order chi connectivity index (χ1) is 9.15. The number of nitrogens with one attached hydrogen (secondary N) is 1. The SMILES string of the molecule is CC(Oc1ccccc1Cl)C(=O)NCCOCCO. The van der Waals surface area contributed by atoms with Gasteiger partial charge in [0.25, 0.3) is 5.91 Å². The molecule has 1 unspecified atom stereocenters. The van der Waals surface area contributed by atoms with Crippen LogP contribution in [0, 0.1) is 0 Å². The lowest BCUT2D eigenvalue weighted by Gasteiger charge is -2.15. The van der Waals surface area contributed by atoms with Crippen molar-refractivity contribution in [1.82, 2.24) is 5.32 Å². The van der Waals surface area contributed by atoms with Crippen molar-refractivity contribution in [2.45, 2.75) is 13.0 Å². The van der Waals surface area contributed by atoms with Crippen LogP contribution in [0.25, 0.3) is 0 Å². The maximum absolute atomic E-state index is 11.7. The van der Waals surface area contributed by atoms with E-state index in [4.69, 9.17) is 26.2 Å². The summed E-state index contributed by atoms with van der Waals surface area (Å²) in [4.78, 5) is 11.7. The molecule has 0 aromatic heterocycles. The van der Waals surface area contributed by atoms with Crippen LogP contribution in [0.15, 0.2) is 24.3 Å². The van der Waals surface area contributed by atoms with Crippen LogP contribution in [-0.2, 0) is 9.53 Å². The van der Waals surface area contributed by atoms with Crippen LogP contribution < -0.4 is 10.1 Å². The van der Waals surface area contributed by atoms with E-state index in [1.807, 2.05) is 0 Å². The molecule has 1 aromatic carbocycles. The molecule has 0 saturated heterocycles. The first kappa shape index (κ1) is 15.8. The third kappa shape index (κ3) is 5.92. The minimum atomic E-state index is -0.641. The smallest absolute Gasteiger partial charge is 0.260 e. The van der Waals surface area contributed by atoms with Gasteiger partial charge in [-0.05, 0) is 19.1 Å². The topological polar surface area (TPSA) is 67.8 Å². The third-order valence-electron chi connectivity index (χ3n) is 2.29. The van der Waals surface area contributed by atoms with E-state index in [1.54, 1.807) is 31.2 Å². The number of rotatable bonds is 8. The number of ether oxygens (including phenoxy) is 2. The highest BCUT2D eigenvalue weighted by molar-refractivity contribution is 6.32. The van der Waals surface area contributed by atoms with E-state index < -0.39 is 6.10 Å². The number of carbonyl (C=O) groups excluding carboxylic acids is 1. The quantitative estimate of drug-likeness (QED) is 0.706. The van der Waals surface area contributed by atoms with E-state index in [0.29, 0.717) is 23.9 Å². The molecule has 1 atom stereocenters. The Morgan fingerprint density at radius 3 is 2.84 bits per heavy atom. The van der Waals surface area contributed by atoms with Crippen LogP contribution in [-0.4, -0.2) is 43.5 Å². The largest absolute Gasteiger partial charge is 0.479 e. The molecule has 1 aromatic rings. The molecule has 19 heavy (non-hydrogen) atoms. The minimum absolute atomic E-state index is 0.0278. The summed E-state index contributed by atoms with van der Waals surface area (Å²) in [6.45, 7) is 2.61. The highest BCUT2D eigenvalue weighted by Crippen LogP contribution is 2.24. The molecule has 0 heterocycles. The number of aliphatic hydroxyl groups is 1. The van der Waals surface area contributed by atoms with E-state index in [-0.39, 0.29) is 19.1 Å². The first-order valence-electron chi connectivity index (χ1n) is 6.02. The summed E-state index contributed by atoms with van der Waals surface area (Å²) in [6.07, 6.45) is -0.641. The molecule has 0 aliphatic heterocycles. The Hall–Kier alpha value is -1.30. The Labute approximate surface area is 117 Å². The number of amides is 1. The zero-order valence-corrected chi connectivity index (χ0v) is 11.5. The van der Waals surface area contributed by atoms with E-state index in [1.165, 1.54) is 0 Å². The summed E-state index contributed by atoms with van der Waals surface area (Å²) in [5.74, 6) is 0.232. The molecule has 0 radical (unpaired) electrons. The molecular formula is C13H18ClNO4. The van der Waals surface area contributed by atoms with Crippen molar-refractivity contribution >= 4 is 17.5 Å². The number of benzene rings is 1. The number of halogens is 1. The Bertz CT molecular complexity index is 400. The summed E-state index contributed by atoms with van der Waals surface area (Å²) in [5, 5.41) is 11.6. The maximum atomic E-state index is 11.7. The van der Waals surface area contributed by atoms with E-state index >= 15 is 0 Å². The number of hydrogen-bond acceptors (Lipinski definition) is 4. The molecule has 6 heteroatoms. The molecule has 0 saturated carbocycles. The van der Waals surface area contributed by atoms with Crippen LogP contribution in [0.5, 0.6) is 5.75 Å². The van der Waals surface area contributed by atoms with Gasteiger partial charge in [0, 0.05) is 6.54 Å². The van der Waals surface area contributed by atoms with Gasteiger partial charge in [0.15, 0.2) is 6.10 Å². The van der Waals surface area contributed by atoms with Gasteiger partial charge in [0.1, 0.15) is 5.75 Å². The summed E-state index contributed by atoms with van der Waals surface area (Å²) in [7, 11) is 0. The second-order valence-corrected chi connectivity index (χ2v) is 4.22. The zero-order chi connectivity index (χ0) is 14.1. The fraction of sp³-hybridized carbons (Fsp3) is 0.462. The molecule has 5 nitrogen and oxygen atoms in total. The molecule has 106 valence electrons. The van der Waals surface area contributed by atoms with Gasteiger partial charge in [0.05, 0.1) is 24.8 Å². The van der Waals surface area contributed by atoms with Crippen LogP contribution in [0.4, 0.5) is 0 Å². The lowest BCUT2D eigenvalue weighted by atomic mass is 10.3. The Balaban J connectivity index is 2.31. The number of carbonyl (C=O) groups is 1. The van der Waals surface area contributed by atoms with Crippen molar-refractivity contribution in [1.29, 1.82) is 0 Å². The van der Waals surface area contributed by atoms with Crippen LogP contribution in [0.2, 0.25) is 5.02 Å². The number of aliphatic hydroxyl groups excluding tert-OH is 1. The van der Waals surface area contributed by atoms with Gasteiger partial charge in [-0.2, -0.15) is 0 Å². The summed E-state index contributed by atoms with van der Waals surface area (Å²) >= 11 is 5.93. The van der Waals surface area contributed by atoms with Crippen molar-refractivity contribution < 1.29 is 19.4 Å². The van der Waals surface area contributed by atoms with Crippen molar-refractivity contribution in [2.75, 3.05) is 26.4 Å². The Morgan fingerprint density at radius 2 is 2.16 bits per heavy atom. The molecule has 0 aliphatic carbocycles. The fourth-order valence-corrected chi connectivity index (χ4v) is 1.52. The van der Waals surface area contributed by atoms with Gasteiger partial charge >= 0.3 is 0 Å². The molecule has 1 rings (SSSR count). The lowest BCUT2D eigenvalue weighted by molar-refractivity contribution is -0.127. The van der Waals surface area contributed by atoms with Gasteiger partial charge in [-0.1, -0.05) is 23.7 Å². The summed E-state index contributed by atoms with van der Waals surface area (Å²) < 4.78 is 10.5. The number of para-hydroxylation sites is 1. The normalized spacial score (nSPS) is 11.9. The first-order valence-corrected chi connectivity index (χ1v) is 6.40. The van der Waals surface area contributed by atoms with Crippen LogP contribution in [0.3, 0.4) is 0 Å². The van der Waals surface area contributed by atoms with Crippen molar-refractivity contribution in [2.24, 2.45) is 0 Å². The zero-order valence-electron chi connectivity index (χ0n) is 10.8. The lowest BCUT2D eigenvalue weighted by Crippen LogP contribution is -2.38. The molecule has 0 aliphatic rings. The van der Waals surface area contributed by atoms with Crippen LogP contribution in [0.1, 0.15) is 6.92 Å². The molecule has 0 spiro atoms. The fourth-order valence-electron chi connectivity index (χ4n) is 1.34. The highest BCUT2D eigenvalue weighted by atomic mass is 35.5. The van der Waals surface area contributed by atoms with Gasteiger partial charge in [-0.15, -0.1) is 0 Å². The predicted octanol–water partition coefficient (Wildman–Crippen LogP) is 1.23. The van der Waals surface area contributed by atoms with E-state index in [9.17, 15) is 4.79 Å². The van der Waals surface area contributed by atoms with Gasteiger partial charge in [0.2, 0.25) is 0 Å². The van der Waals surface area contributed by atoms with Crippen LogP contribution >= 0.6 is 11.6 Å². The van der Waals surface area contributed by atoms with Crippen molar-refractivity contribution in [3.8, 4) is 5.75 Å². The monoisotopic (exact) mass is 287 g/mol. The summed E-state index contributed by atoms with van der Waals surface area (Å²) in [5.41, 5.74) is 0. The average Bonchev–Trinajstić information content (AvgIpc) is 2.41. The second kappa shape index (κ2) is 8.74. The molecule has 0 fully saturated rings. The molecule has 0 bridgehead atoms. The van der Waals surface area contributed by atoms with E-state index in [0.717, 1.165) is 0 Å². The predicted molar refractivity (Wildman–Crippen MR) is 72.5 cm³/mol. The molecule has 2 N–H and O–H groups in total. The maximum Gasteiger partial charge on any atom is 0.260 e. The standard InChI is InChI=1S/C13H18ClNO4/c1-10(13(17)15-6-8-18-9-7-16)19-12-5-3-2-4-11(12)14/h2-5,10,16H,6-9H2,1H3,(H,15,17). The van der Waals surface area contributed by atoms with Crippen molar-refractivity contribution in [3.05, 3.63) is 29.3 Å². The second-order valence-electron chi connectivity index (χ2n) is 3.82. The third-order valence-corrected chi connectivity index (χ3v) is 2.60. The highest BCUT2D eigenvalue weighted by Gasteiger charge is 2.15. The molecular weight excluding hydrogens is 270 g/mol. The van der Waals surface area contributed by atoms with E-state index in [2.05, 4.69) is 5.32 Å². The number of hydrogen-bond donors (Lipinski definition) is 2. The molecule has 1 amide bonds. The van der Waals surface area contributed by atoms with Gasteiger partial charge in [-0.3, -0.25) is 4.79 Å². The Morgan fingerprint density at radius 1 is 1.42 bits per heavy atom. The van der Waals surface area contributed by atoms with Gasteiger partial charge in [-0.25, -0.2) is 0 Å². The van der Waals surface area contributed by atoms with Gasteiger partial charge < -0.3 is 19.9 Å². The van der Waals surface area contributed by atoms with Crippen molar-refractivity contribution in [3.63, 3.8) is 0 Å². The average molecular weight is 288 g/mol. The minimum Gasteiger partial charge on any atom is -0.479 e. The Kier molecular flexibility index (Phi) is 7.25.